The van der Waals surface area contributed by atoms with Crippen molar-refractivity contribution < 1.29 is 4.79 Å². The van der Waals surface area contributed by atoms with E-state index >= 15 is 0 Å². The van der Waals surface area contributed by atoms with Crippen LogP contribution in [0.1, 0.15) is 29.2 Å². The first-order chi connectivity index (χ1) is 12.1. The average molecular weight is 359 g/mol. The summed E-state index contributed by atoms with van der Waals surface area (Å²) in [6.07, 6.45) is 1.20. The van der Waals surface area contributed by atoms with Crippen LogP contribution in [0.15, 0.2) is 35.2 Å². The second-order valence-electron chi connectivity index (χ2n) is 6.71. The monoisotopic (exact) mass is 358 g/mol. The summed E-state index contributed by atoms with van der Waals surface area (Å²) < 4.78 is 0. The topological polar surface area (TPSA) is 48.5 Å². The number of hydrogen-bond donors (Lipinski definition) is 1. The molecule has 0 saturated carbocycles. The van der Waals surface area contributed by atoms with Gasteiger partial charge in [0.2, 0.25) is 0 Å². The SMILES string of the molecule is Cc1ccccc1[C@H]1CCN(CCNC(=O)N(C)Cc2cscn2)C1. The summed E-state index contributed by atoms with van der Waals surface area (Å²) in [6.45, 7) is 6.50. The molecule has 1 aliphatic rings. The molecule has 1 aliphatic heterocycles. The van der Waals surface area contributed by atoms with Gasteiger partial charge in [-0.25, -0.2) is 9.78 Å². The number of nitrogens with zero attached hydrogens (tertiary/aromatic N) is 3. The summed E-state index contributed by atoms with van der Waals surface area (Å²) in [7, 11) is 1.80. The highest BCUT2D eigenvalue weighted by Crippen LogP contribution is 2.28. The highest BCUT2D eigenvalue weighted by molar-refractivity contribution is 7.07. The van der Waals surface area contributed by atoms with Gasteiger partial charge in [0.25, 0.3) is 0 Å². The van der Waals surface area contributed by atoms with Crippen molar-refractivity contribution in [1.82, 2.24) is 20.1 Å². The van der Waals surface area contributed by atoms with E-state index in [2.05, 4.69) is 46.4 Å². The zero-order valence-electron chi connectivity index (χ0n) is 14.9. The first-order valence-electron chi connectivity index (χ1n) is 8.77. The first-order valence-corrected chi connectivity index (χ1v) is 9.71. The summed E-state index contributed by atoms with van der Waals surface area (Å²) in [5.41, 5.74) is 5.57. The fourth-order valence-electron chi connectivity index (χ4n) is 3.42. The maximum absolute atomic E-state index is 12.1. The highest BCUT2D eigenvalue weighted by Gasteiger charge is 2.24. The number of carbonyl (C=O) groups excluding carboxylic acids is 1. The molecule has 1 aromatic heterocycles. The molecule has 1 fully saturated rings. The molecular weight excluding hydrogens is 332 g/mol. The Kier molecular flexibility index (Phi) is 6.04. The number of urea groups is 1. The van der Waals surface area contributed by atoms with Crippen LogP contribution in [0.5, 0.6) is 0 Å². The van der Waals surface area contributed by atoms with E-state index in [9.17, 15) is 4.79 Å². The number of likely N-dealkylation sites (tertiary alicyclic amines) is 1. The third kappa shape index (κ3) is 4.80. The van der Waals surface area contributed by atoms with Gasteiger partial charge in [-0.1, -0.05) is 24.3 Å². The van der Waals surface area contributed by atoms with E-state index in [0.717, 1.165) is 25.3 Å². The van der Waals surface area contributed by atoms with Crippen LogP contribution < -0.4 is 5.32 Å². The van der Waals surface area contributed by atoms with Gasteiger partial charge in [0.1, 0.15) is 0 Å². The fourth-order valence-corrected chi connectivity index (χ4v) is 3.97. The molecule has 3 rings (SSSR count). The molecule has 1 N–H and O–H groups in total. The van der Waals surface area contributed by atoms with Crippen LogP contribution >= 0.6 is 11.3 Å². The lowest BCUT2D eigenvalue weighted by atomic mass is 9.94. The van der Waals surface area contributed by atoms with Gasteiger partial charge < -0.3 is 15.1 Å². The molecule has 0 unspecified atom stereocenters. The van der Waals surface area contributed by atoms with Crippen molar-refractivity contribution >= 4 is 17.4 Å². The van der Waals surface area contributed by atoms with Crippen LogP contribution in [0.4, 0.5) is 4.79 Å². The zero-order chi connectivity index (χ0) is 17.6. The standard InChI is InChI=1S/C19H26N4OS/c1-15-5-3-4-6-18(15)16-7-9-23(11-16)10-8-20-19(24)22(2)12-17-13-25-14-21-17/h3-6,13-14,16H,7-12H2,1-2H3,(H,20,24)/t16-/m0/s1. The minimum atomic E-state index is -0.0392. The minimum absolute atomic E-state index is 0.0392. The van der Waals surface area contributed by atoms with Crippen molar-refractivity contribution in [3.05, 3.63) is 52.0 Å². The third-order valence-corrected chi connectivity index (χ3v) is 5.47. The Labute approximate surface area is 153 Å². The molecule has 1 atom stereocenters. The van der Waals surface area contributed by atoms with Crippen LogP contribution in [-0.4, -0.2) is 54.0 Å². The third-order valence-electron chi connectivity index (χ3n) is 4.83. The smallest absolute Gasteiger partial charge is 0.317 e. The van der Waals surface area contributed by atoms with Crippen molar-refractivity contribution in [2.45, 2.75) is 25.8 Å². The molecular formula is C19H26N4OS. The number of rotatable bonds is 6. The normalized spacial score (nSPS) is 17.6. The number of carbonyl (C=O) groups is 1. The molecule has 6 heteroatoms. The Morgan fingerprint density at radius 3 is 3.04 bits per heavy atom. The molecule has 1 saturated heterocycles. The van der Waals surface area contributed by atoms with E-state index in [4.69, 9.17) is 0 Å². The minimum Gasteiger partial charge on any atom is -0.337 e. The molecule has 5 nitrogen and oxygen atoms in total. The molecule has 134 valence electrons. The number of amides is 2. The van der Waals surface area contributed by atoms with E-state index in [-0.39, 0.29) is 6.03 Å². The van der Waals surface area contributed by atoms with Crippen LogP contribution in [0.3, 0.4) is 0 Å². The maximum Gasteiger partial charge on any atom is 0.317 e. The lowest BCUT2D eigenvalue weighted by molar-refractivity contribution is 0.204. The summed E-state index contributed by atoms with van der Waals surface area (Å²) in [4.78, 5) is 20.5. The van der Waals surface area contributed by atoms with Crippen LogP contribution in [-0.2, 0) is 6.54 Å². The van der Waals surface area contributed by atoms with Gasteiger partial charge in [0.05, 0.1) is 17.7 Å². The number of aryl methyl sites for hydroxylation is 1. The molecule has 0 radical (unpaired) electrons. The average Bonchev–Trinajstić information content (AvgIpc) is 3.27. The van der Waals surface area contributed by atoms with E-state index in [0.29, 0.717) is 19.0 Å². The predicted molar refractivity (Wildman–Crippen MR) is 102 cm³/mol. The zero-order valence-corrected chi connectivity index (χ0v) is 15.8. The van der Waals surface area contributed by atoms with Crippen LogP contribution in [0.2, 0.25) is 0 Å². The number of aromatic nitrogens is 1. The number of thiazole rings is 1. The quantitative estimate of drug-likeness (QED) is 0.863. The molecule has 1 aromatic carbocycles. The van der Waals surface area contributed by atoms with Crippen molar-refractivity contribution in [3.63, 3.8) is 0 Å². The molecule has 0 aliphatic carbocycles. The van der Waals surface area contributed by atoms with Crippen molar-refractivity contribution in [3.8, 4) is 0 Å². The number of hydrogen-bond acceptors (Lipinski definition) is 4. The van der Waals surface area contributed by atoms with Gasteiger partial charge in [0.15, 0.2) is 0 Å². The molecule has 25 heavy (non-hydrogen) atoms. The Morgan fingerprint density at radius 2 is 2.28 bits per heavy atom. The second kappa shape index (κ2) is 8.45. The van der Waals surface area contributed by atoms with E-state index in [1.807, 2.05) is 5.38 Å². The molecule has 2 heterocycles. The predicted octanol–water partition coefficient (Wildman–Crippen LogP) is 3.08. The molecule has 2 amide bonds. The van der Waals surface area contributed by atoms with Crippen LogP contribution in [0, 0.1) is 6.92 Å². The molecule has 0 spiro atoms. The van der Waals surface area contributed by atoms with Gasteiger partial charge in [-0.2, -0.15) is 0 Å². The van der Waals surface area contributed by atoms with Gasteiger partial charge in [-0.3, -0.25) is 0 Å². The molecule has 2 aromatic rings. The second-order valence-corrected chi connectivity index (χ2v) is 7.43. The molecule has 0 bridgehead atoms. The van der Waals surface area contributed by atoms with Gasteiger partial charge >= 0.3 is 6.03 Å². The summed E-state index contributed by atoms with van der Waals surface area (Å²) in [6, 6.07) is 8.63. The highest BCUT2D eigenvalue weighted by atomic mass is 32.1. The van der Waals surface area contributed by atoms with Gasteiger partial charge in [0, 0.05) is 32.1 Å². The number of benzene rings is 1. The lowest BCUT2D eigenvalue weighted by Gasteiger charge is -2.20. The van der Waals surface area contributed by atoms with Crippen molar-refractivity contribution in [2.75, 3.05) is 33.2 Å². The summed E-state index contributed by atoms with van der Waals surface area (Å²) >= 11 is 1.55. The Morgan fingerprint density at radius 1 is 1.44 bits per heavy atom. The largest absolute Gasteiger partial charge is 0.337 e. The first kappa shape index (κ1) is 17.9. The lowest BCUT2D eigenvalue weighted by Crippen LogP contribution is -2.40. The fraction of sp³-hybridized carbons (Fsp3) is 0.474. The van der Waals surface area contributed by atoms with E-state index in [1.165, 1.54) is 17.5 Å². The van der Waals surface area contributed by atoms with E-state index < -0.39 is 0 Å². The van der Waals surface area contributed by atoms with Crippen molar-refractivity contribution in [1.29, 1.82) is 0 Å². The van der Waals surface area contributed by atoms with Gasteiger partial charge in [-0.05, 0) is 36.9 Å². The Balaban J connectivity index is 1.39. The van der Waals surface area contributed by atoms with E-state index in [1.54, 1.807) is 28.8 Å². The van der Waals surface area contributed by atoms with Gasteiger partial charge in [-0.15, -0.1) is 11.3 Å². The Bertz CT molecular complexity index is 688. The number of nitrogens with one attached hydrogen (secondary N) is 1. The van der Waals surface area contributed by atoms with Crippen molar-refractivity contribution in [2.24, 2.45) is 0 Å². The summed E-state index contributed by atoms with van der Waals surface area (Å²) in [5, 5.41) is 4.98. The summed E-state index contributed by atoms with van der Waals surface area (Å²) in [5.74, 6) is 0.615. The maximum atomic E-state index is 12.1. The Hall–Kier alpha value is -1.92. The van der Waals surface area contributed by atoms with Crippen LogP contribution in [0.25, 0.3) is 0 Å².